The molecule has 25 heavy (non-hydrogen) atoms. The van der Waals surface area contributed by atoms with Gasteiger partial charge in [0.1, 0.15) is 16.4 Å². The summed E-state index contributed by atoms with van der Waals surface area (Å²) in [7, 11) is -2.80. The minimum absolute atomic E-state index is 0.0452. The standard InChI is InChI=1S/C17H15NO6S/c1-3-23-11-4-6-12(7-5-11)24-25(21,22)13-8-9-14-15(10-13)17(20)18(2)16(14)19/h4-10H,3H2,1-2H3. The zero-order valence-corrected chi connectivity index (χ0v) is 14.4. The molecule has 0 aromatic heterocycles. The highest BCUT2D eigenvalue weighted by atomic mass is 32.2. The van der Waals surface area contributed by atoms with Crippen molar-refractivity contribution in [2.45, 2.75) is 11.8 Å². The first-order valence-electron chi connectivity index (χ1n) is 7.47. The smallest absolute Gasteiger partial charge is 0.339 e. The van der Waals surface area contributed by atoms with E-state index in [1.165, 1.54) is 31.3 Å². The number of fused-ring (bicyclic) bond motifs is 1. The van der Waals surface area contributed by atoms with Crippen molar-refractivity contribution < 1.29 is 26.9 Å². The molecule has 0 fully saturated rings. The summed E-state index contributed by atoms with van der Waals surface area (Å²) in [4.78, 5) is 24.6. The van der Waals surface area contributed by atoms with Crippen LogP contribution in [0.3, 0.4) is 0 Å². The predicted molar refractivity (Wildman–Crippen MR) is 88.3 cm³/mol. The molecule has 1 aliphatic heterocycles. The normalized spacial score (nSPS) is 13.8. The third kappa shape index (κ3) is 3.08. The number of carbonyl (C=O) groups is 2. The highest BCUT2D eigenvalue weighted by Crippen LogP contribution is 2.27. The highest BCUT2D eigenvalue weighted by molar-refractivity contribution is 7.87. The van der Waals surface area contributed by atoms with Crippen LogP contribution in [0.15, 0.2) is 47.4 Å². The molecule has 3 rings (SSSR count). The van der Waals surface area contributed by atoms with Crippen molar-refractivity contribution in [2.75, 3.05) is 13.7 Å². The summed E-state index contributed by atoms with van der Waals surface area (Å²) in [6, 6.07) is 9.84. The monoisotopic (exact) mass is 361 g/mol. The minimum Gasteiger partial charge on any atom is -0.494 e. The second kappa shape index (κ2) is 6.21. The van der Waals surface area contributed by atoms with Crippen LogP contribution in [0.25, 0.3) is 0 Å². The minimum atomic E-state index is -4.14. The lowest BCUT2D eigenvalue weighted by atomic mass is 10.1. The Balaban J connectivity index is 1.88. The number of carbonyl (C=O) groups excluding carboxylic acids is 2. The maximum Gasteiger partial charge on any atom is 0.339 e. The first kappa shape index (κ1) is 17.0. The fourth-order valence-corrected chi connectivity index (χ4v) is 3.39. The summed E-state index contributed by atoms with van der Waals surface area (Å²) in [6.45, 7) is 2.33. The van der Waals surface area contributed by atoms with Crippen LogP contribution in [0.2, 0.25) is 0 Å². The van der Waals surface area contributed by atoms with Crippen molar-refractivity contribution in [3.05, 3.63) is 53.6 Å². The van der Waals surface area contributed by atoms with Gasteiger partial charge in [-0.2, -0.15) is 8.42 Å². The molecule has 0 atom stereocenters. The molecule has 2 aromatic rings. The molecule has 0 unspecified atom stereocenters. The van der Waals surface area contributed by atoms with Crippen LogP contribution in [-0.2, 0) is 10.1 Å². The Hall–Kier alpha value is -2.87. The lowest BCUT2D eigenvalue weighted by Gasteiger charge is -2.09. The lowest BCUT2D eigenvalue weighted by Crippen LogP contribution is -2.24. The number of amides is 2. The summed E-state index contributed by atoms with van der Waals surface area (Å²) >= 11 is 0. The molecule has 0 bridgehead atoms. The lowest BCUT2D eigenvalue weighted by molar-refractivity contribution is 0.0693. The largest absolute Gasteiger partial charge is 0.494 e. The molecule has 7 nitrogen and oxygen atoms in total. The Labute approximate surface area is 144 Å². The van der Waals surface area contributed by atoms with Gasteiger partial charge in [-0.1, -0.05) is 0 Å². The van der Waals surface area contributed by atoms with E-state index in [0.29, 0.717) is 12.4 Å². The van der Waals surface area contributed by atoms with Gasteiger partial charge in [-0.05, 0) is 49.4 Å². The molecular formula is C17H15NO6S. The molecule has 0 spiro atoms. The summed E-state index contributed by atoms with van der Waals surface area (Å²) < 4.78 is 35.2. The van der Waals surface area contributed by atoms with Crippen LogP contribution >= 0.6 is 0 Å². The number of benzene rings is 2. The maximum absolute atomic E-state index is 12.4. The van der Waals surface area contributed by atoms with Crippen molar-refractivity contribution in [1.82, 2.24) is 4.90 Å². The van der Waals surface area contributed by atoms with Gasteiger partial charge in [0.15, 0.2) is 0 Å². The molecule has 0 saturated carbocycles. The summed E-state index contributed by atoms with van der Waals surface area (Å²) in [5.74, 6) is -0.296. The van der Waals surface area contributed by atoms with E-state index in [-0.39, 0.29) is 21.8 Å². The Morgan fingerprint density at radius 2 is 1.52 bits per heavy atom. The number of nitrogens with zero attached hydrogens (tertiary/aromatic N) is 1. The molecule has 0 radical (unpaired) electrons. The van der Waals surface area contributed by atoms with E-state index in [0.717, 1.165) is 11.0 Å². The maximum atomic E-state index is 12.4. The third-order valence-electron chi connectivity index (χ3n) is 3.69. The zero-order valence-electron chi connectivity index (χ0n) is 13.6. The van der Waals surface area contributed by atoms with Crippen LogP contribution in [0.1, 0.15) is 27.6 Å². The topological polar surface area (TPSA) is 90.0 Å². The number of rotatable bonds is 5. The Morgan fingerprint density at radius 1 is 0.920 bits per heavy atom. The summed E-state index contributed by atoms with van der Waals surface area (Å²) in [5, 5.41) is 0. The molecule has 1 aliphatic rings. The molecule has 1 heterocycles. The Morgan fingerprint density at radius 3 is 2.16 bits per heavy atom. The van der Waals surface area contributed by atoms with Crippen molar-refractivity contribution in [3.63, 3.8) is 0 Å². The van der Waals surface area contributed by atoms with Gasteiger partial charge in [0.2, 0.25) is 0 Å². The average Bonchev–Trinajstić information content (AvgIpc) is 2.81. The number of hydrogen-bond acceptors (Lipinski definition) is 6. The van der Waals surface area contributed by atoms with E-state index in [9.17, 15) is 18.0 Å². The third-order valence-corrected chi connectivity index (χ3v) is 4.93. The molecule has 2 aromatic carbocycles. The molecular weight excluding hydrogens is 346 g/mol. The van der Waals surface area contributed by atoms with E-state index in [1.807, 2.05) is 6.92 Å². The molecule has 8 heteroatoms. The van der Waals surface area contributed by atoms with Gasteiger partial charge in [0.05, 0.1) is 17.7 Å². The summed E-state index contributed by atoms with van der Waals surface area (Å²) in [5.41, 5.74) is 0.219. The molecule has 0 aliphatic carbocycles. The van der Waals surface area contributed by atoms with Crippen LogP contribution in [-0.4, -0.2) is 38.8 Å². The second-order valence-corrected chi connectivity index (χ2v) is 6.86. The van der Waals surface area contributed by atoms with Gasteiger partial charge in [0, 0.05) is 7.05 Å². The average molecular weight is 361 g/mol. The molecule has 130 valence electrons. The fraction of sp³-hybridized carbons (Fsp3) is 0.176. The van der Waals surface area contributed by atoms with Crippen LogP contribution in [0, 0.1) is 0 Å². The van der Waals surface area contributed by atoms with Crippen LogP contribution in [0.4, 0.5) is 0 Å². The van der Waals surface area contributed by atoms with Gasteiger partial charge in [-0.15, -0.1) is 0 Å². The van der Waals surface area contributed by atoms with Gasteiger partial charge in [-0.3, -0.25) is 14.5 Å². The number of hydrogen-bond donors (Lipinski definition) is 0. The fourth-order valence-electron chi connectivity index (χ4n) is 2.43. The van der Waals surface area contributed by atoms with Crippen LogP contribution in [0.5, 0.6) is 11.5 Å². The van der Waals surface area contributed by atoms with E-state index < -0.39 is 21.9 Å². The highest BCUT2D eigenvalue weighted by Gasteiger charge is 2.34. The van der Waals surface area contributed by atoms with E-state index in [4.69, 9.17) is 8.92 Å². The Bertz CT molecular complexity index is 950. The van der Waals surface area contributed by atoms with Crippen molar-refractivity contribution in [1.29, 1.82) is 0 Å². The van der Waals surface area contributed by atoms with E-state index in [1.54, 1.807) is 12.1 Å². The first-order valence-corrected chi connectivity index (χ1v) is 8.88. The first-order chi connectivity index (χ1) is 11.8. The molecule has 2 amide bonds. The van der Waals surface area contributed by atoms with Crippen molar-refractivity contribution in [3.8, 4) is 11.5 Å². The van der Waals surface area contributed by atoms with Gasteiger partial charge >= 0.3 is 10.1 Å². The number of imide groups is 1. The quantitative estimate of drug-likeness (QED) is 0.598. The van der Waals surface area contributed by atoms with E-state index >= 15 is 0 Å². The second-order valence-electron chi connectivity index (χ2n) is 5.32. The SMILES string of the molecule is CCOc1ccc(OS(=O)(=O)c2ccc3c(c2)C(=O)N(C)C3=O)cc1. The van der Waals surface area contributed by atoms with Gasteiger partial charge in [-0.25, -0.2) is 0 Å². The summed E-state index contributed by atoms with van der Waals surface area (Å²) in [6.07, 6.45) is 0. The van der Waals surface area contributed by atoms with Crippen molar-refractivity contribution >= 4 is 21.9 Å². The number of ether oxygens (including phenoxy) is 1. The van der Waals surface area contributed by atoms with Gasteiger partial charge in [0.25, 0.3) is 11.8 Å². The van der Waals surface area contributed by atoms with Crippen molar-refractivity contribution in [2.24, 2.45) is 0 Å². The van der Waals surface area contributed by atoms with Crippen LogP contribution < -0.4 is 8.92 Å². The predicted octanol–water partition coefficient (Wildman–Crippen LogP) is 2.08. The zero-order chi connectivity index (χ0) is 18.2. The van der Waals surface area contributed by atoms with E-state index in [2.05, 4.69) is 0 Å². The Kier molecular flexibility index (Phi) is 4.22. The molecule has 0 N–H and O–H groups in total. The molecule has 0 saturated heterocycles. The van der Waals surface area contributed by atoms with Gasteiger partial charge < -0.3 is 8.92 Å².